The molecule has 6 heterocycles. The van der Waals surface area contributed by atoms with Gasteiger partial charge in [0.1, 0.15) is 5.60 Å². The van der Waals surface area contributed by atoms with Crippen molar-refractivity contribution in [2.75, 3.05) is 13.1 Å². The van der Waals surface area contributed by atoms with Crippen molar-refractivity contribution in [3.8, 4) is 0 Å². The second-order valence-electron chi connectivity index (χ2n) is 11.7. The molecule has 2 unspecified atom stereocenters. The highest BCUT2D eigenvalue weighted by Crippen LogP contribution is 2.29. The standard InChI is InChI=1S/C18H23N3O2.C13H15N3/c1-13-5-8-16(21(10-13)17(22)23-18(2,3)4)14-6-7-15-9-19-12-20(15)11-14;1-10-2-5-13(15-6-10)11-3-4-12-7-14-9-16(12)8-11/h6-9,11-13H,5,10H2,1-4H3;3-4,7-10H,2,5-6H2,1H3. The summed E-state index contributed by atoms with van der Waals surface area (Å²) in [6, 6.07) is 8.28. The highest BCUT2D eigenvalue weighted by atomic mass is 16.6. The number of carbonyl (C=O) groups excluding carboxylic acids is 1. The third-order valence-electron chi connectivity index (χ3n) is 7.02. The number of fused-ring (bicyclic) bond motifs is 2. The number of allylic oxidation sites excluding steroid dienone is 1. The molecular formula is C31H38N6O2. The number of pyridine rings is 2. The van der Waals surface area contributed by atoms with Gasteiger partial charge in [-0.1, -0.05) is 19.9 Å². The summed E-state index contributed by atoms with van der Waals surface area (Å²) >= 11 is 0. The SMILES string of the molecule is CC1CC=C(c2ccc3cncn3c2)N(C(=O)OC(C)(C)C)C1.CC1CCC(c2ccc3cncn3c2)=NC1. The molecule has 0 aromatic carbocycles. The number of aromatic nitrogens is 4. The molecule has 0 fully saturated rings. The molecule has 204 valence electrons. The molecule has 2 aliphatic rings. The lowest BCUT2D eigenvalue weighted by Crippen LogP contribution is -2.39. The minimum atomic E-state index is -0.503. The number of amides is 1. The number of rotatable bonds is 2. The molecule has 6 rings (SSSR count). The van der Waals surface area contributed by atoms with E-state index in [9.17, 15) is 4.79 Å². The molecule has 2 aliphatic heterocycles. The molecule has 0 spiro atoms. The number of carbonyl (C=O) groups is 1. The van der Waals surface area contributed by atoms with E-state index >= 15 is 0 Å². The predicted octanol–water partition coefficient (Wildman–Crippen LogP) is 6.51. The van der Waals surface area contributed by atoms with Gasteiger partial charge in [-0.2, -0.15) is 0 Å². The smallest absolute Gasteiger partial charge is 0.414 e. The van der Waals surface area contributed by atoms with Gasteiger partial charge in [-0.05, 0) is 76.1 Å². The fraction of sp³-hybridized carbons (Fsp3) is 0.419. The lowest BCUT2D eigenvalue weighted by atomic mass is 9.97. The van der Waals surface area contributed by atoms with Gasteiger partial charge in [0.05, 0.1) is 41.8 Å². The molecule has 0 radical (unpaired) electrons. The Morgan fingerprint density at radius 2 is 1.56 bits per heavy atom. The maximum atomic E-state index is 12.6. The molecule has 1 amide bonds. The Morgan fingerprint density at radius 3 is 2.18 bits per heavy atom. The molecular weight excluding hydrogens is 488 g/mol. The van der Waals surface area contributed by atoms with E-state index in [4.69, 9.17) is 4.74 Å². The van der Waals surface area contributed by atoms with E-state index in [1.165, 1.54) is 17.7 Å². The van der Waals surface area contributed by atoms with E-state index < -0.39 is 5.60 Å². The molecule has 0 N–H and O–H groups in total. The van der Waals surface area contributed by atoms with Crippen LogP contribution in [0.25, 0.3) is 16.7 Å². The Bertz CT molecular complexity index is 1520. The number of nitrogens with zero attached hydrogens (tertiary/aromatic N) is 6. The first-order chi connectivity index (χ1) is 18.7. The highest BCUT2D eigenvalue weighted by molar-refractivity contribution is 6.01. The van der Waals surface area contributed by atoms with Gasteiger partial charge in [-0.3, -0.25) is 9.89 Å². The van der Waals surface area contributed by atoms with Crippen LogP contribution in [0, 0.1) is 11.8 Å². The fourth-order valence-electron chi connectivity index (χ4n) is 4.89. The zero-order valence-corrected chi connectivity index (χ0v) is 23.5. The van der Waals surface area contributed by atoms with E-state index in [1.54, 1.807) is 11.2 Å². The van der Waals surface area contributed by atoms with Crippen LogP contribution in [0.15, 0.2) is 72.8 Å². The molecule has 4 aromatic heterocycles. The molecule has 0 saturated carbocycles. The summed E-state index contributed by atoms with van der Waals surface area (Å²) < 4.78 is 9.59. The Kier molecular flexibility index (Phi) is 7.55. The number of hydrogen-bond acceptors (Lipinski definition) is 5. The topological polar surface area (TPSA) is 76.5 Å². The van der Waals surface area contributed by atoms with Gasteiger partial charge in [-0.15, -0.1) is 0 Å². The maximum absolute atomic E-state index is 12.6. The van der Waals surface area contributed by atoms with Gasteiger partial charge in [-0.25, -0.2) is 14.8 Å². The number of imidazole rings is 2. The van der Waals surface area contributed by atoms with E-state index in [2.05, 4.69) is 57.6 Å². The first kappa shape index (κ1) is 26.7. The van der Waals surface area contributed by atoms with Crippen LogP contribution < -0.4 is 0 Å². The van der Waals surface area contributed by atoms with Gasteiger partial charge >= 0.3 is 6.09 Å². The first-order valence-corrected chi connectivity index (χ1v) is 13.7. The number of aliphatic imine (C=N–C) groups is 1. The van der Waals surface area contributed by atoms with Gasteiger partial charge < -0.3 is 13.5 Å². The van der Waals surface area contributed by atoms with Crippen LogP contribution in [0.1, 0.15) is 65.0 Å². The van der Waals surface area contributed by atoms with Crippen molar-refractivity contribution < 1.29 is 9.53 Å². The maximum Gasteiger partial charge on any atom is 0.414 e. The summed E-state index contributed by atoms with van der Waals surface area (Å²) in [6.45, 7) is 11.7. The second kappa shape index (κ2) is 11.0. The average Bonchev–Trinajstić information content (AvgIpc) is 3.57. The quantitative estimate of drug-likeness (QED) is 0.299. The lowest BCUT2D eigenvalue weighted by molar-refractivity contribution is 0.0327. The van der Waals surface area contributed by atoms with Crippen molar-refractivity contribution in [2.24, 2.45) is 16.8 Å². The molecule has 0 bridgehead atoms. The molecule has 39 heavy (non-hydrogen) atoms. The van der Waals surface area contributed by atoms with Crippen LogP contribution in [0.3, 0.4) is 0 Å². The molecule has 8 nitrogen and oxygen atoms in total. The summed E-state index contributed by atoms with van der Waals surface area (Å²) in [5, 5.41) is 0. The van der Waals surface area contributed by atoms with Gasteiger partial charge in [0.2, 0.25) is 0 Å². The van der Waals surface area contributed by atoms with Crippen LogP contribution in [0.4, 0.5) is 4.79 Å². The Labute approximate surface area is 230 Å². The predicted molar refractivity (Wildman–Crippen MR) is 155 cm³/mol. The second-order valence-corrected chi connectivity index (χ2v) is 11.7. The van der Waals surface area contributed by atoms with Crippen molar-refractivity contribution in [2.45, 2.75) is 59.5 Å². The molecule has 4 aromatic rings. The highest BCUT2D eigenvalue weighted by Gasteiger charge is 2.29. The Hall–Kier alpha value is -3.94. The van der Waals surface area contributed by atoms with Crippen LogP contribution in [-0.2, 0) is 4.74 Å². The summed E-state index contributed by atoms with van der Waals surface area (Å²) in [4.78, 5) is 27.3. The van der Waals surface area contributed by atoms with Crippen molar-refractivity contribution in [1.29, 1.82) is 0 Å². The molecule has 0 aliphatic carbocycles. The van der Waals surface area contributed by atoms with Gasteiger partial charge in [0, 0.05) is 42.3 Å². The molecule has 8 heteroatoms. The molecule has 2 atom stereocenters. The van der Waals surface area contributed by atoms with E-state index in [1.807, 2.05) is 62.2 Å². The minimum absolute atomic E-state index is 0.291. The van der Waals surface area contributed by atoms with Crippen LogP contribution in [-0.4, -0.2) is 54.2 Å². The van der Waals surface area contributed by atoms with E-state index in [0.29, 0.717) is 12.5 Å². The van der Waals surface area contributed by atoms with Crippen LogP contribution in [0.2, 0.25) is 0 Å². The van der Waals surface area contributed by atoms with Crippen LogP contribution >= 0.6 is 0 Å². The third-order valence-corrected chi connectivity index (χ3v) is 7.02. The summed E-state index contributed by atoms with van der Waals surface area (Å²) in [6.07, 6.45) is 16.5. The van der Waals surface area contributed by atoms with Crippen LogP contribution in [0.5, 0.6) is 0 Å². The normalized spacial score (nSPS) is 19.8. The lowest BCUT2D eigenvalue weighted by Gasteiger charge is -2.33. The zero-order valence-electron chi connectivity index (χ0n) is 23.5. The Morgan fingerprint density at radius 1 is 0.923 bits per heavy atom. The monoisotopic (exact) mass is 526 g/mol. The minimum Gasteiger partial charge on any atom is -0.443 e. The third kappa shape index (κ3) is 6.38. The van der Waals surface area contributed by atoms with Crippen molar-refractivity contribution in [3.63, 3.8) is 0 Å². The van der Waals surface area contributed by atoms with Gasteiger partial charge in [0.25, 0.3) is 0 Å². The first-order valence-electron chi connectivity index (χ1n) is 13.7. The fourth-order valence-corrected chi connectivity index (χ4v) is 4.89. The molecule has 0 saturated heterocycles. The van der Waals surface area contributed by atoms with Crippen molar-refractivity contribution >= 4 is 28.5 Å². The average molecular weight is 527 g/mol. The van der Waals surface area contributed by atoms with Crippen molar-refractivity contribution in [3.05, 3.63) is 78.9 Å². The zero-order chi connectivity index (χ0) is 27.6. The largest absolute Gasteiger partial charge is 0.443 e. The number of ether oxygens (including phenoxy) is 1. The summed E-state index contributed by atoms with van der Waals surface area (Å²) in [5.74, 6) is 1.16. The summed E-state index contributed by atoms with van der Waals surface area (Å²) in [5.41, 5.74) is 6.04. The summed E-state index contributed by atoms with van der Waals surface area (Å²) in [7, 11) is 0. The van der Waals surface area contributed by atoms with E-state index in [-0.39, 0.29) is 6.09 Å². The van der Waals surface area contributed by atoms with E-state index in [0.717, 1.165) is 47.6 Å². The van der Waals surface area contributed by atoms with Crippen molar-refractivity contribution in [1.82, 2.24) is 23.7 Å². The number of hydrogen-bond donors (Lipinski definition) is 0. The Balaban J connectivity index is 0.000000168. The van der Waals surface area contributed by atoms with Gasteiger partial charge in [0.15, 0.2) is 0 Å².